The van der Waals surface area contributed by atoms with E-state index in [1.54, 1.807) is 24.0 Å². The highest BCUT2D eigenvalue weighted by atomic mass is 16.5. The van der Waals surface area contributed by atoms with Crippen molar-refractivity contribution in [3.63, 3.8) is 0 Å². The molecule has 0 radical (unpaired) electrons. The van der Waals surface area contributed by atoms with E-state index < -0.39 is 23.5 Å². The highest BCUT2D eigenvalue weighted by Gasteiger charge is 2.44. The van der Waals surface area contributed by atoms with Gasteiger partial charge in [-0.15, -0.1) is 0 Å². The number of carbonyl (C=O) groups is 2. The van der Waals surface area contributed by atoms with Gasteiger partial charge in [0.15, 0.2) is 11.5 Å². The number of amides is 1. The van der Waals surface area contributed by atoms with Gasteiger partial charge in [-0.2, -0.15) is 0 Å². The number of likely N-dealkylation sites (N-methyl/N-ethyl adjacent to an activating group) is 1. The average Bonchev–Trinajstić information content (AvgIpc) is 3.30. The highest BCUT2D eigenvalue weighted by Crippen LogP contribution is 2.39. The Kier molecular flexibility index (Phi) is 7.40. The van der Waals surface area contributed by atoms with E-state index in [1.807, 2.05) is 38.1 Å². The lowest BCUT2D eigenvalue weighted by molar-refractivity contribution is -0.129. The maximum atomic E-state index is 13.3. The van der Waals surface area contributed by atoms with E-state index in [-0.39, 0.29) is 17.4 Å². The standard InChI is InChI=1S/C25H32N2O5/c1-6-26(7-2)14-15-27-22(18-9-11-19(12-10-18)31-16(3)4)21(24(29)25(27)30)23(28)20-13-8-17(5)32-20/h8-13,16,22,29H,6-7,14-15H2,1-5H3/t22-/m1/s1. The van der Waals surface area contributed by atoms with Crippen LogP contribution in [0.15, 0.2) is 52.1 Å². The molecule has 0 saturated heterocycles. The van der Waals surface area contributed by atoms with Gasteiger partial charge in [-0.3, -0.25) is 9.59 Å². The molecule has 1 amide bonds. The SMILES string of the molecule is CCN(CC)CCN1C(=O)C(O)=C(C(=O)c2ccc(C)o2)[C@H]1c1ccc(OC(C)C)cc1. The van der Waals surface area contributed by atoms with E-state index in [0.29, 0.717) is 24.6 Å². The third-order valence-electron chi connectivity index (χ3n) is 5.63. The van der Waals surface area contributed by atoms with E-state index in [4.69, 9.17) is 9.15 Å². The molecule has 1 aromatic carbocycles. The van der Waals surface area contributed by atoms with Gasteiger partial charge in [-0.1, -0.05) is 26.0 Å². The van der Waals surface area contributed by atoms with Crippen LogP contribution in [0.2, 0.25) is 0 Å². The number of hydrogen-bond donors (Lipinski definition) is 1. The van der Waals surface area contributed by atoms with Crippen molar-refractivity contribution in [2.24, 2.45) is 0 Å². The van der Waals surface area contributed by atoms with Crippen LogP contribution in [0, 0.1) is 6.92 Å². The summed E-state index contributed by atoms with van der Waals surface area (Å²) in [6, 6.07) is 9.85. The largest absolute Gasteiger partial charge is 0.503 e. The summed E-state index contributed by atoms with van der Waals surface area (Å²) in [7, 11) is 0. The van der Waals surface area contributed by atoms with Crippen LogP contribution >= 0.6 is 0 Å². The number of aliphatic hydroxyl groups excluding tert-OH is 1. The number of rotatable bonds is 10. The van der Waals surface area contributed by atoms with Gasteiger partial charge < -0.3 is 24.1 Å². The molecule has 172 valence electrons. The number of benzene rings is 1. The van der Waals surface area contributed by atoms with Crippen LogP contribution < -0.4 is 4.74 Å². The Balaban J connectivity index is 1.99. The molecule has 0 saturated carbocycles. The van der Waals surface area contributed by atoms with E-state index in [9.17, 15) is 14.7 Å². The molecule has 0 unspecified atom stereocenters. The zero-order valence-corrected chi connectivity index (χ0v) is 19.4. The lowest BCUT2D eigenvalue weighted by atomic mass is 9.95. The van der Waals surface area contributed by atoms with Crippen molar-refractivity contribution < 1.29 is 23.8 Å². The predicted molar refractivity (Wildman–Crippen MR) is 122 cm³/mol. The Morgan fingerprint density at radius 2 is 1.81 bits per heavy atom. The van der Waals surface area contributed by atoms with Crippen LogP contribution in [0.1, 0.15) is 55.6 Å². The lowest BCUT2D eigenvalue weighted by Crippen LogP contribution is -2.38. The van der Waals surface area contributed by atoms with Crippen molar-refractivity contribution in [2.75, 3.05) is 26.2 Å². The lowest BCUT2D eigenvalue weighted by Gasteiger charge is -2.29. The topological polar surface area (TPSA) is 83.2 Å². The number of nitrogens with zero attached hydrogens (tertiary/aromatic N) is 2. The predicted octanol–water partition coefficient (Wildman–Crippen LogP) is 4.30. The summed E-state index contributed by atoms with van der Waals surface area (Å²) in [6.07, 6.45) is 0.0303. The molecule has 0 bridgehead atoms. The fourth-order valence-corrected chi connectivity index (χ4v) is 3.94. The zero-order chi connectivity index (χ0) is 23.4. The number of ketones is 1. The number of Topliss-reactive ketones (excluding diaryl/α,β-unsaturated/α-hetero) is 1. The molecule has 0 fully saturated rings. The first kappa shape index (κ1) is 23.6. The van der Waals surface area contributed by atoms with Crippen LogP contribution in [0.5, 0.6) is 5.75 Å². The third kappa shape index (κ3) is 4.88. The molecule has 1 aromatic heterocycles. The summed E-state index contributed by atoms with van der Waals surface area (Å²) in [6.45, 7) is 12.5. The molecule has 1 aliphatic heterocycles. The first-order valence-electron chi connectivity index (χ1n) is 11.1. The summed E-state index contributed by atoms with van der Waals surface area (Å²) in [5.41, 5.74) is 0.770. The summed E-state index contributed by atoms with van der Waals surface area (Å²) >= 11 is 0. The van der Waals surface area contributed by atoms with Crippen LogP contribution in [-0.4, -0.2) is 58.9 Å². The van der Waals surface area contributed by atoms with Gasteiger partial charge in [-0.05, 0) is 63.7 Å². The van der Waals surface area contributed by atoms with Crippen molar-refractivity contribution in [2.45, 2.75) is 46.8 Å². The molecule has 0 spiro atoms. The fourth-order valence-electron chi connectivity index (χ4n) is 3.94. The quantitative estimate of drug-likeness (QED) is 0.555. The Morgan fingerprint density at radius 1 is 1.16 bits per heavy atom. The average molecular weight is 441 g/mol. The van der Waals surface area contributed by atoms with Gasteiger partial charge in [0.05, 0.1) is 17.7 Å². The van der Waals surface area contributed by atoms with Crippen molar-refractivity contribution in [3.8, 4) is 5.75 Å². The third-order valence-corrected chi connectivity index (χ3v) is 5.63. The second kappa shape index (κ2) is 10.0. The van der Waals surface area contributed by atoms with E-state index in [0.717, 1.165) is 18.7 Å². The molecule has 2 heterocycles. The molecule has 7 nitrogen and oxygen atoms in total. The normalized spacial score (nSPS) is 16.5. The van der Waals surface area contributed by atoms with Gasteiger partial charge >= 0.3 is 0 Å². The minimum Gasteiger partial charge on any atom is -0.503 e. The van der Waals surface area contributed by atoms with Gasteiger partial charge in [0, 0.05) is 13.1 Å². The summed E-state index contributed by atoms with van der Waals surface area (Å²) in [4.78, 5) is 30.1. The number of carbonyl (C=O) groups excluding carboxylic acids is 2. The maximum Gasteiger partial charge on any atom is 0.290 e. The number of hydrogen-bond acceptors (Lipinski definition) is 6. The monoisotopic (exact) mass is 440 g/mol. The Morgan fingerprint density at radius 3 is 2.34 bits per heavy atom. The molecule has 1 atom stereocenters. The molecule has 3 rings (SSSR count). The van der Waals surface area contributed by atoms with Crippen LogP contribution in [0.25, 0.3) is 0 Å². The first-order chi connectivity index (χ1) is 15.3. The molecule has 2 aromatic rings. The molecule has 1 aliphatic rings. The molecule has 32 heavy (non-hydrogen) atoms. The van der Waals surface area contributed by atoms with E-state index in [1.165, 1.54) is 0 Å². The number of aryl methyl sites for hydroxylation is 1. The van der Waals surface area contributed by atoms with Crippen LogP contribution in [0.4, 0.5) is 0 Å². The zero-order valence-electron chi connectivity index (χ0n) is 19.4. The Bertz CT molecular complexity index is 986. The van der Waals surface area contributed by atoms with E-state index >= 15 is 0 Å². The molecule has 1 N–H and O–H groups in total. The smallest absolute Gasteiger partial charge is 0.290 e. The summed E-state index contributed by atoms with van der Waals surface area (Å²) in [5, 5.41) is 10.7. The van der Waals surface area contributed by atoms with Crippen molar-refractivity contribution in [3.05, 3.63) is 64.8 Å². The second-order valence-electron chi connectivity index (χ2n) is 8.17. The van der Waals surface area contributed by atoms with Crippen molar-refractivity contribution in [1.29, 1.82) is 0 Å². The van der Waals surface area contributed by atoms with Crippen molar-refractivity contribution >= 4 is 11.7 Å². The van der Waals surface area contributed by atoms with Gasteiger partial charge in [0.25, 0.3) is 5.91 Å². The molecule has 7 heteroatoms. The van der Waals surface area contributed by atoms with E-state index in [2.05, 4.69) is 18.7 Å². The molecule has 0 aliphatic carbocycles. The summed E-state index contributed by atoms with van der Waals surface area (Å²) < 4.78 is 11.2. The minimum absolute atomic E-state index is 0.0303. The van der Waals surface area contributed by atoms with Gasteiger partial charge in [0.2, 0.25) is 5.78 Å². The maximum absolute atomic E-state index is 13.3. The minimum atomic E-state index is -0.705. The van der Waals surface area contributed by atoms with Gasteiger partial charge in [-0.25, -0.2) is 0 Å². The number of ether oxygens (including phenoxy) is 1. The fraction of sp³-hybridized carbons (Fsp3) is 0.440. The van der Waals surface area contributed by atoms with Crippen LogP contribution in [0.3, 0.4) is 0 Å². The Labute approximate surface area is 189 Å². The number of aliphatic hydroxyl groups is 1. The van der Waals surface area contributed by atoms with Crippen LogP contribution in [-0.2, 0) is 4.79 Å². The first-order valence-corrected chi connectivity index (χ1v) is 11.1. The highest BCUT2D eigenvalue weighted by molar-refractivity contribution is 6.15. The molecular weight excluding hydrogens is 408 g/mol. The van der Waals surface area contributed by atoms with Gasteiger partial charge in [0.1, 0.15) is 11.5 Å². The Hall–Kier alpha value is -3.06. The molecular formula is C25H32N2O5. The number of furan rings is 1. The summed E-state index contributed by atoms with van der Waals surface area (Å²) in [5.74, 6) is -0.158. The second-order valence-corrected chi connectivity index (χ2v) is 8.17. The van der Waals surface area contributed by atoms with Crippen molar-refractivity contribution in [1.82, 2.24) is 9.80 Å².